The Morgan fingerprint density at radius 1 is 1.39 bits per heavy atom. The Bertz CT molecular complexity index is 638. The number of hydrogen-bond donors (Lipinski definition) is 2. The van der Waals surface area contributed by atoms with Crippen LogP contribution in [0.5, 0.6) is 0 Å². The van der Waals surface area contributed by atoms with Gasteiger partial charge in [-0.1, -0.05) is 28.1 Å². The van der Waals surface area contributed by atoms with E-state index in [0.29, 0.717) is 16.8 Å². The zero-order valence-electron chi connectivity index (χ0n) is 9.13. The van der Waals surface area contributed by atoms with Crippen LogP contribution in [0, 0.1) is 0 Å². The van der Waals surface area contributed by atoms with E-state index >= 15 is 0 Å². The zero-order valence-corrected chi connectivity index (χ0v) is 11.5. The Balaban J connectivity index is 2.57. The van der Waals surface area contributed by atoms with Crippen molar-refractivity contribution in [3.05, 3.63) is 46.2 Å². The first-order valence-electron chi connectivity index (χ1n) is 4.93. The van der Waals surface area contributed by atoms with Crippen LogP contribution in [0.3, 0.4) is 0 Å². The fourth-order valence-electron chi connectivity index (χ4n) is 1.48. The van der Waals surface area contributed by atoms with Crippen molar-refractivity contribution in [2.24, 2.45) is 11.5 Å². The molecule has 0 spiro atoms. The van der Waals surface area contributed by atoms with Gasteiger partial charge < -0.3 is 11.5 Å². The minimum atomic E-state index is -0.534. The fraction of sp³-hybridized carbons (Fsp3) is 0. The molecule has 2 aromatic rings. The number of nitrogens with two attached hydrogens (primary N) is 2. The average molecular weight is 325 g/mol. The van der Waals surface area contributed by atoms with E-state index in [1.165, 1.54) is 17.1 Å². The van der Waals surface area contributed by atoms with Gasteiger partial charge in [-0.05, 0) is 18.2 Å². The third-order valence-corrected chi connectivity index (χ3v) is 3.05. The number of thiocarbonyl (C=S) groups is 1. The minimum absolute atomic E-state index is 0.258. The van der Waals surface area contributed by atoms with Gasteiger partial charge in [0.05, 0.1) is 17.4 Å². The molecule has 2 rings (SSSR count). The van der Waals surface area contributed by atoms with Crippen LogP contribution < -0.4 is 11.5 Å². The number of rotatable bonds is 3. The summed E-state index contributed by atoms with van der Waals surface area (Å²) in [7, 11) is 0. The molecule has 0 aliphatic carbocycles. The highest BCUT2D eigenvalue weighted by Gasteiger charge is 2.11. The highest BCUT2D eigenvalue weighted by atomic mass is 79.9. The molecule has 0 saturated heterocycles. The van der Waals surface area contributed by atoms with Crippen LogP contribution in [0.25, 0.3) is 5.69 Å². The van der Waals surface area contributed by atoms with E-state index in [0.717, 1.165) is 4.47 Å². The first kappa shape index (κ1) is 12.7. The summed E-state index contributed by atoms with van der Waals surface area (Å²) in [6.45, 7) is 0. The van der Waals surface area contributed by atoms with Crippen LogP contribution in [0.2, 0.25) is 0 Å². The second-order valence-corrected chi connectivity index (χ2v) is 4.92. The molecule has 0 aliphatic heterocycles. The molecule has 1 aromatic carbocycles. The summed E-state index contributed by atoms with van der Waals surface area (Å²) < 4.78 is 2.37. The van der Waals surface area contributed by atoms with Gasteiger partial charge in [-0.3, -0.25) is 4.79 Å². The quantitative estimate of drug-likeness (QED) is 0.835. The maximum Gasteiger partial charge on any atom is 0.251 e. The number of carbonyl (C=O) groups is 1. The lowest BCUT2D eigenvalue weighted by atomic mass is 10.2. The predicted molar refractivity (Wildman–Crippen MR) is 75.7 cm³/mol. The molecule has 1 aromatic heterocycles. The molecule has 92 valence electrons. The number of nitrogens with zero attached hydrogens (tertiary/aromatic N) is 2. The average Bonchev–Trinajstić information content (AvgIpc) is 2.77. The first-order valence-corrected chi connectivity index (χ1v) is 6.13. The number of hydrogen-bond acceptors (Lipinski definition) is 3. The number of primary amides is 1. The molecule has 0 atom stereocenters. The number of amides is 1. The first-order chi connectivity index (χ1) is 8.49. The molecule has 0 aliphatic rings. The van der Waals surface area contributed by atoms with Crippen LogP contribution in [0.1, 0.15) is 15.9 Å². The SMILES string of the molecule is NC(=O)c1cnn(-c2cc(Br)ccc2C(N)=S)c1. The number of aromatic nitrogens is 2. The Morgan fingerprint density at radius 2 is 2.11 bits per heavy atom. The van der Waals surface area contributed by atoms with Gasteiger partial charge in [-0.25, -0.2) is 4.68 Å². The van der Waals surface area contributed by atoms with Crippen molar-refractivity contribution < 1.29 is 4.79 Å². The molecule has 0 bridgehead atoms. The van der Waals surface area contributed by atoms with E-state index in [-0.39, 0.29) is 4.99 Å². The van der Waals surface area contributed by atoms with Gasteiger partial charge in [0.25, 0.3) is 5.91 Å². The highest BCUT2D eigenvalue weighted by molar-refractivity contribution is 9.10. The summed E-state index contributed by atoms with van der Waals surface area (Å²) in [6, 6.07) is 5.43. The zero-order chi connectivity index (χ0) is 13.3. The van der Waals surface area contributed by atoms with Gasteiger partial charge in [0, 0.05) is 16.2 Å². The maximum absolute atomic E-state index is 11.0. The molecule has 0 saturated carbocycles. The van der Waals surface area contributed by atoms with Crippen LogP contribution in [-0.2, 0) is 0 Å². The summed E-state index contributed by atoms with van der Waals surface area (Å²) in [4.78, 5) is 11.3. The largest absolute Gasteiger partial charge is 0.389 e. The van der Waals surface area contributed by atoms with Crippen molar-refractivity contribution >= 4 is 39.0 Å². The predicted octanol–water partition coefficient (Wildman–Crippen LogP) is 1.37. The van der Waals surface area contributed by atoms with Gasteiger partial charge in [0.15, 0.2) is 0 Å². The molecule has 0 unspecified atom stereocenters. The van der Waals surface area contributed by atoms with Gasteiger partial charge >= 0.3 is 0 Å². The van der Waals surface area contributed by atoms with Gasteiger partial charge in [0.2, 0.25) is 0 Å². The molecular weight excluding hydrogens is 316 g/mol. The fourth-order valence-corrected chi connectivity index (χ4v) is 2.01. The van der Waals surface area contributed by atoms with Crippen LogP contribution >= 0.6 is 28.1 Å². The van der Waals surface area contributed by atoms with Crippen molar-refractivity contribution in [3.63, 3.8) is 0 Å². The van der Waals surface area contributed by atoms with Crippen molar-refractivity contribution in [2.75, 3.05) is 0 Å². The molecule has 0 fully saturated rings. The van der Waals surface area contributed by atoms with Crippen molar-refractivity contribution in [3.8, 4) is 5.69 Å². The van der Waals surface area contributed by atoms with Crippen LogP contribution in [0.4, 0.5) is 0 Å². The highest BCUT2D eigenvalue weighted by Crippen LogP contribution is 2.20. The van der Waals surface area contributed by atoms with E-state index in [1.54, 1.807) is 6.07 Å². The second kappa shape index (κ2) is 4.87. The van der Waals surface area contributed by atoms with Crippen LogP contribution in [0.15, 0.2) is 35.1 Å². The third kappa shape index (κ3) is 2.41. The Labute approximate surface area is 117 Å². The van der Waals surface area contributed by atoms with E-state index in [2.05, 4.69) is 21.0 Å². The smallest absolute Gasteiger partial charge is 0.251 e. The summed E-state index contributed by atoms with van der Waals surface area (Å²) in [5.41, 5.74) is 12.5. The summed E-state index contributed by atoms with van der Waals surface area (Å²) in [5, 5.41) is 4.07. The number of halogens is 1. The number of benzene rings is 1. The van der Waals surface area contributed by atoms with E-state index in [4.69, 9.17) is 23.7 Å². The second-order valence-electron chi connectivity index (χ2n) is 3.56. The molecule has 1 heterocycles. The molecule has 4 N–H and O–H groups in total. The summed E-state index contributed by atoms with van der Waals surface area (Å²) in [6.07, 6.45) is 2.93. The number of carbonyl (C=O) groups excluding carboxylic acids is 1. The van der Waals surface area contributed by atoms with Crippen molar-refractivity contribution in [1.29, 1.82) is 0 Å². The topological polar surface area (TPSA) is 86.9 Å². The molecule has 7 heteroatoms. The molecule has 5 nitrogen and oxygen atoms in total. The molecular formula is C11H9BrN4OS. The normalized spacial score (nSPS) is 10.3. The van der Waals surface area contributed by atoms with Crippen molar-refractivity contribution in [1.82, 2.24) is 9.78 Å². The minimum Gasteiger partial charge on any atom is -0.389 e. The lowest BCUT2D eigenvalue weighted by Gasteiger charge is -2.08. The molecule has 1 amide bonds. The Hall–Kier alpha value is -1.73. The molecule has 18 heavy (non-hydrogen) atoms. The van der Waals surface area contributed by atoms with E-state index < -0.39 is 5.91 Å². The maximum atomic E-state index is 11.0. The van der Waals surface area contributed by atoms with Gasteiger partial charge in [0.1, 0.15) is 4.99 Å². The summed E-state index contributed by atoms with van der Waals surface area (Å²) >= 11 is 8.34. The van der Waals surface area contributed by atoms with Gasteiger partial charge in [-0.15, -0.1) is 0 Å². The van der Waals surface area contributed by atoms with Crippen LogP contribution in [-0.4, -0.2) is 20.7 Å². The summed E-state index contributed by atoms with van der Waals surface area (Å²) in [5.74, 6) is -0.534. The monoisotopic (exact) mass is 324 g/mol. The van der Waals surface area contributed by atoms with E-state index in [9.17, 15) is 4.79 Å². The Morgan fingerprint density at radius 3 is 2.67 bits per heavy atom. The standard InChI is InChI=1S/C11H9BrN4OS/c12-7-1-2-8(11(14)18)9(3-7)16-5-6(4-15-16)10(13)17/h1-5H,(H2,13,17)(H2,14,18). The van der Waals surface area contributed by atoms with E-state index in [1.807, 2.05) is 12.1 Å². The molecule has 0 radical (unpaired) electrons. The third-order valence-electron chi connectivity index (χ3n) is 2.34. The van der Waals surface area contributed by atoms with Crippen molar-refractivity contribution in [2.45, 2.75) is 0 Å². The lowest BCUT2D eigenvalue weighted by Crippen LogP contribution is -2.14. The lowest BCUT2D eigenvalue weighted by molar-refractivity contribution is 0.100. The van der Waals surface area contributed by atoms with Gasteiger partial charge in [-0.2, -0.15) is 5.10 Å². The Kier molecular flexibility index (Phi) is 3.44.